The van der Waals surface area contributed by atoms with Gasteiger partial charge in [-0.05, 0) is 60.2 Å². The minimum atomic E-state index is -1.05. The number of carbonyl (C=O) groups is 3. The molecule has 3 N–H and O–H groups in total. The second kappa shape index (κ2) is 9.41. The van der Waals surface area contributed by atoms with Crippen molar-refractivity contribution in [3.8, 4) is 0 Å². The third-order valence-electron chi connectivity index (χ3n) is 6.44. The number of carboxylic acid groups (broad SMARTS) is 1. The average molecular weight is 505 g/mol. The van der Waals surface area contributed by atoms with Crippen molar-refractivity contribution in [1.29, 1.82) is 0 Å². The standard InChI is InChI=1S/C26H21F2N5O4/c1-13-15-5-7-20(17(15)4-3-16(13)26(36)37)30-25(35)21-12-22(31-23-8-9-29-33(21)23)32-24(34)11-14-2-6-18(27)19(28)10-14/h2-4,6,8-10,12,20H,5,7,11H2,1H3,(H,30,35)(H,36,37)(H,31,32,34)/t20-/m0/s1. The summed E-state index contributed by atoms with van der Waals surface area (Å²) in [5.74, 6) is -3.93. The molecule has 2 heterocycles. The monoisotopic (exact) mass is 505 g/mol. The van der Waals surface area contributed by atoms with Crippen LogP contribution in [0.25, 0.3) is 5.65 Å². The largest absolute Gasteiger partial charge is 0.478 e. The first-order chi connectivity index (χ1) is 17.7. The zero-order valence-electron chi connectivity index (χ0n) is 19.6. The first-order valence-electron chi connectivity index (χ1n) is 11.5. The van der Waals surface area contributed by atoms with Gasteiger partial charge in [-0.2, -0.15) is 5.10 Å². The number of fused-ring (bicyclic) bond motifs is 2. The van der Waals surface area contributed by atoms with Crippen molar-refractivity contribution >= 4 is 29.2 Å². The molecule has 2 aromatic carbocycles. The molecule has 0 aliphatic heterocycles. The summed E-state index contributed by atoms with van der Waals surface area (Å²) in [5, 5.41) is 19.1. The number of aromatic carboxylic acids is 1. The Balaban J connectivity index is 1.37. The first kappa shape index (κ1) is 24.0. The van der Waals surface area contributed by atoms with Gasteiger partial charge in [-0.1, -0.05) is 12.1 Å². The van der Waals surface area contributed by atoms with Crippen molar-refractivity contribution in [3.05, 3.63) is 93.8 Å². The van der Waals surface area contributed by atoms with Crippen LogP contribution in [0.5, 0.6) is 0 Å². The van der Waals surface area contributed by atoms with E-state index in [1.807, 2.05) is 0 Å². The van der Waals surface area contributed by atoms with E-state index >= 15 is 0 Å². The summed E-state index contributed by atoms with van der Waals surface area (Å²) >= 11 is 0. The molecule has 11 heteroatoms. The minimum absolute atomic E-state index is 0.0968. The summed E-state index contributed by atoms with van der Waals surface area (Å²) in [7, 11) is 0. The van der Waals surface area contributed by atoms with Gasteiger partial charge in [0, 0.05) is 12.1 Å². The predicted octanol–water partition coefficient (Wildman–Crippen LogP) is 3.61. The number of hydrogen-bond donors (Lipinski definition) is 3. The van der Waals surface area contributed by atoms with Crippen molar-refractivity contribution in [2.75, 3.05) is 5.32 Å². The Morgan fingerprint density at radius 2 is 1.92 bits per heavy atom. The first-order valence-corrected chi connectivity index (χ1v) is 11.5. The normalized spacial score (nSPS) is 14.4. The van der Waals surface area contributed by atoms with E-state index in [0.717, 1.165) is 23.3 Å². The maximum Gasteiger partial charge on any atom is 0.335 e. The topological polar surface area (TPSA) is 126 Å². The molecule has 0 radical (unpaired) electrons. The van der Waals surface area contributed by atoms with E-state index < -0.39 is 29.4 Å². The Morgan fingerprint density at radius 1 is 1.11 bits per heavy atom. The van der Waals surface area contributed by atoms with Gasteiger partial charge in [0.05, 0.1) is 24.2 Å². The second-order valence-corrected chi connectivity index (χ2v) is 8.78. The number of aromatic nitrogens is 3. The quantitative estimate of drug-likeness (QED) is 0.368. The SMILES string of the molecule is Cc1c(C(=O)O)ccc2c1CC[C@@H]2NC(=O)c1cc(NC(=O)Cc2ccc(F)c(F)c2)nc2ccnn12. The minimum Gasteiger partial charge on any atom is -0.478 e. The van der Waals surface area contributed by atoms with Crippen LogP contribution in [-0.4, -0.2) is 37.5 Å². The Labute approximate surface area is 209 Å². The van der Waals surface area contributed by atoms with Crippen molar-refractivity contribution in [3.63, 3.8) is 0 Å². The number of benzene rings is 2. The van der Waals surface area contributed by atoms with Gasteiger partial charge in [0.15, 0.2) is 17.3 Å². The highest BCUT2D eigenvalue weighted by atomic mass is 19.2. The summed E-state index contributed by atoms with van der Waals surface area (Å²) in [4.78, 5) is 41.6. The number of anilines is 1. The fourth-order valence-electron chi connectivity index (χ4n) is 4.65. The van der Waals surface area contributed by atoms with E-state index in [1.54, 1.807) is 25.1 Å². The number of hydrogen-bond acceptors (Lipinski definition) is 5. The van der Waals surface area contributed by atoms with Crippen LogP contribution >= 0.6 is 0 Å². The number of carboxylic acids is 1. The molecule has 1 aliphatic carbocycles. The van der Waals surface area contributed by atoms with Crippen molar-refractivity contribution in [1.82, 2.24) is 19.9 Å². The molecule has 4 aromatic rings. The van der Waals surface area contributed by atoms with E-state index in [-0.39, 0.29) is 35.1 Å². The summed E-state index contributed by atoms with van der Waals surface area (Å²) < 4.78 is 28.0. The van der Waals surface area contributed by atoms with Crippen LogP contribution in [0.2, 0.25) is 0 Å². The van der Waals surface area contributed by atoms with Crippen LogP contribution in [0, 0.1) is 18.6 Å². The molecule has 2 amide bonds. The predicted molar refractivity (Wildman–Crippen MR) is 128 cm³/mol. The zero-order valence-corrected chi connectivity index (χ0v) is 19.6. The molecular formula is C26H21F2N5O4. The van der Waals surface area contributed by atoms with Crippen molar-refractivity contribution < 1.29 is 28.3 Å². The van der Waals surface area contributed by atoms with Gasteiger partial charge in [0.2, 0.25) is 5.91 Å². The molecule has 9 nitrogen and oxygen atoms in total. The number of nitrogens with one attached hydrogen (secondary N) is 2. The third-order valence-corrected chi connectivity index (χ3v) is 6.44. The van der Waals surface area contributed by atoms with Crippen LogP contribution in [-0.2, 0) is 17.6 Å². The molecule has 1 aliphatic rings. The fraction of sp³-hybridized carbons (Fsp3) is 0.192. The average Bonchev–Trinajstić information content (AvgIpc) is 3.48. The lowest BCUT2D eigenvalue weighted by Gasteiger charge is -2.16. The highest BCUT2D eigenvalue weighted by Gasteiger charge is 2.28. The fourth-order valence-corrected chi connectivity index (χ4v) is 4.65. The lowest BCUT2D eigenvalue weighted by atomic mass is 9.98. The molecule has 0 saturated heterocycles. The van der Waals surface area contributed by atoms with Crippen LogP contribution in [0.15, 0.2) is 48.7 Å². The van der Waals surface area contributed by atoms with E-state index in [4.69, 9.17) is 0 Å². The van der Waals surface area contributed by atoms with Crippen LogP contribution < -0.4 is 10.6 Å². The Bertz CT molecular complexity index is 1580. The Kier molecular flexibility index (Phi) is 6.12. The molecule has 5 rings (SSSR count). The van der Waals surface area contributed by atoms with Gasteiger partial charge < -0.3 is 15.7 Å². The lowest BCUT2D eigenvalue weighted by molar-refractivity contribution is -0.115. The Morgan fingerprint density at radius 3 is 2.68 bits per heavy atom. The number of amides is 2. The van der Waals surface area contributed by atoms with Gasteiger partial charge in [0.25, 0.3) is 5.91 Å². The molecule has 188 valence electrons. The Hall–Kier alpha value is -4.67. The molecule has 0 spiro atoms. The molecule has 0 unspecified atom stereocenters. The highest BCUT2D eigenvalue weighted by molar-refractivity contribution is 5.97. The van der Waals surface area contributed by atoms with E-state index in [0.29, 0.717) is 24.1 Å². The molecule has 0 saturated carbocycles. The van der Waals surface area contributed by atoms with E-state index in [2.05, 4.69) is 20.7 Å². The summed E-state index contributed by atoms with van der Waals surface area (Å²) in [5.41, 5.74) is 3.43. The summed E-state index contributed by atoms with van der Waals surface area (Å²) in [6, 6.07) is 9.10. The van der Waals surface area contributed by atoms with Gasteiger partial charge in [-0.3, -0.25) is 9.59 Å². The van der Waals surface area contributed by atoms with Gasteiger partial charge in [-0.25, -0.2) is 23.1 Å². The highest BCUT2D eigenvalue weighted by Crippen LogP contribution is 2.35. The van der Waals surface area contributed by atoms with E-state index in [1.165, 1.54) is 22.8 Å². The molecule has 1 atom stereocenters. The summed E-state index contributed by atoms with van der Waals surface area (Å²) in [6.07, 6.45) is 2.48. The van der Waals surface area contributed by atoms with Gasteiger partial charge >= 0.3 is 5.97 Å². The summed E-state index contributed by atoms with van der Waals surface area (Å²) in [6.45, 7) is 1.76. The zero-order chi connectivity index (χ0) is 26.3. The van der Waals surface area contributed by atoms with Crippen LogP contribution in [0.4, 0.5) is 14.6 Å². The second-order valence-electron chi connectivity index (χ2n) is 8.78. The number of halogens is 2. The van der Waals surface area contributed by atoms with Crippen LogP contribution in [0.3, 0.4) is 0 Å². The molecule has 0 fully saturated rings. The lowest BCUT2D eigenvalue weighted by Crippen LogP contribution is -2.29. The maximum atomic E-state index is 13.5. The van der Waals surface area contributed by atoms with Crippen molar-refractivity contribution in [2.45, 2.75) is 32.2 Å². The maximum absolute atomic E-state index is 13.5. The molecule has 0 bridgehead atoms. The van der Waals surface area contributed by atoms with E-state index in [9.17, 15) is 28.3 Å². The molecular weight excluding hydrogens is 484 g/mol. The number of carbonyl (C=O) groups excluding carboxylic acids is 2. The van der Waals surface area contributed by atoms with Crippen LogP contribution in [0.1, 0.15) is 55.6 Å². The third kappa shape index (κ3) is 4.63. The molecule has 2 aromatic heterocycles. The van der Waals surface area contributed by atoms with Crippen molar-refractivity contribution in [2.24, 2.45) is 0 Å². The smallest absolute Gasteiger partial charge is 0.335 e. The van der Waals surface area contributed by atoms with Gasteiger partial charge in [0.1, 0.15) is 11.5 Å². The molecule has 37 heavy (non-hydrogen) atoms. The number of nitrogens with zero attached hydrogens (tertiary/aromatic N) is 3. The van der Waals surface area contributed by atoms with Gasteiger partial charge in [-0.15, -0.1) is 0 Å². The number of rotatable bonds is 6.